The molecule has 4 aliphatic rings. The van der Waals surface area contributed by atoms with Crippen molar-refractivity contribution in [3.05, 3.63) is 89.5 Å². The summed E-state index contributed by atoms with van der Waals surface area (Å²) in [7, 11) is 0. The number of anilines is 1. The molecule has 2 saturated heterocycles. The molecule has 7 nitrogen and oxygen atoms in total. The van der Waals surface area contributed by atoms with Crippen molar-refractivity contribution in [1.82, 2.24) is 4.90 Å². The molecular formula is C35H40N2O5S. The molecule has 8 heteroatoms. The summed E-state index contributed by atoms with van der Waals surface area (Å²) in [5, 5.41) is 10.8. The van der Waals surface area contributed by atoms with E-state index in [1.54, 1.807) is 9.80 Å². The summed E-state index contributed by atoms with van der Waals surface area (Å²) in [6.07, 6.45) is 11.1. The minimum atomic E-state index is -1.01. The minimum absolute atomic E-state index is 0.196. The number of rotatable bonds is 5. The first kappa shape index (κ1) is 29.7. The van der Waals surface area contributed by atoms with Crippen LogP contribution in [0.4, 0.5) is 5.69 Å². The number of likely N-dealkylation sites (tertiary alicyclic amines) is 1. The number of benzene rings is 2. The van der Waals surface area contributed by atoms with Crippen molar-refractivity contribution in [1.29, 1.82) is 0 Å². The van der Waals surface area contributed by atoms with Gasteiger partial charge in [0.1, 0.15) is 6.04 Å². The highest BCUT2D eigenvalue weighted by Gasteiger charge is 2.74. The standard InChI is InChI=1S/C35H40N2O5S/c1-23-14-15-24(2)27(20-23)36-18-11-17-35-28(29-33(41)42-19-10-5-4-9-16-34(29,3)43-35)31(39)37(30(35)32(36)40)26(22-38)21-25-12-7-6-8-13-25/h6-9,11-17,20,26,28-30,38H,4-5,10,18-19,21-22H2,1-3H3/b16-9-/t26-,28+,29+,30?,34-,35+/m1/s1. The van der Waals surface area contributed by atoms with E-state index in [1.807, 2.05) is 81.5 Å². The summed E-state index contributed by atoms with van der Waals surface area (Å²) in [5.41, 5.74) is 3.76. The van der Waals surface area contributed by atoms with E-state index in [0.29, 0.717) is 19.6 Å². The average molecular weight is 601 g/mol. The Morgan fingerprint density at radius 1 is 1.00 bits per heavy atom. The number of esters is 1. The molecule has 2 aromatic carbocycles. The van der Waals surface area contributed by atoms with Crippen LogP contribution in [0.5, 0.6) is 0 Å². The van der Waals surface area contributed by atoms with Crippen LogP contribution in [0.1, 0.15) is 42.9 Å². The molecule has 2 fully saturated rings. The van der Waals surface area contributed by atoms with Gasteiger partial charge in [-0.2, -0.15) is 0 Å². The number of fused-ring (bicyclic) bond motifs is 2. The predicted molar refractivity (Wildman–Crippen MR) is 169 cm³/mol. The summed E-state index contributed by atoms with van der Waals surface area (Å²) in [4.78, 5) is 47.0. The SMILES string of the molecule is Cc1ccc(C)c(N2CC=C[C@]34S[C@]5(C)/C=C\CCCCOC(=O)[C@@H]5[C@H]3C(=O)N([C@@H](CO)Cc3ccccc3)C4C2=O)c1. The Labute approximate surface area is 258 Å². The van der Waals surface area contributed by atoms with E-state index in [4.69, 9.17) is 4.74 Å². The molecule has 0 aromatic heterocycles. The van der Waals surface area contributed by atoms with Crippen molar-refractivity contribution in [3.8, 4) is 0 Å². The number of nitrogens with zero attached hydrogens (tertiary/aromatic N) is 2. The summed E-state index contributed by atoms with van der Waals surface area (Å²) in [6, 6.07) is 14.2. The summed E-state index contributed by atoms with van der Waals surface area (Å²) in [6.45, 7) is 6.34. The molecule has 1 spiro atoms. The second-order valence-electron chi connectivity index (χ2n) is 12.5. The Morgan fingerprint density at radius 3 is 2.56 bits per heavy atom. The lowest BCUT2D eigenvalue weighted by Gasteiger charge is -2.40. The molecule has 1 unspecified atom stereocenters. The molecule has 0 saturated carbocycles. The number of carbonyl (C=O) groups is 3. The predicted octanol–water partition coefficient (Wildman–Crippen LogP) is 4.78. The number of hydrogen-bond donors (Lipinski definition) is 1. The normalized spacial score (nSPS) is 32.0. The van der Waals surface area contributed by atoms with E-state index < -0.39 is 39.4 Å². The number of allylic oxidation sites excluding steroid dienone is 1. The molecule has 2 amide bonds. The third-order valence-electron chi connectivity index (χ3n) is 9.51. The van der Waals surface area contributed by atoms with Gasteiger partial charge < -0.3 is 19.6 Å². The number of cyclic esters (lactones) is 1. The van der Waals surface area contributed by atoms with Crippen molar-refractivity contribution in [3.63, 3.8) is 0 Å². The zero-order valence-corrected chi connectivity index (χ0v) is 25.9. The Balaban J connectivity index is 1.51. The van der Waals surface area contributed by atoms with Crippen molar-refractivity contribution in [2.24, 2.45) is 11.8 Å². The number of aryl methyl sites for hydroxylation is 2. The van der Waals surface area contributed by atoms with Crippen LogP contribution in [0.25, 0.3) is 0 Å². The fraction of sp³-hybridized carbons (Fsp3) is 0.457. The van der Waals surface area contributed by atoms with Crippen molar-refractivity contribution in [2.75, 3.05) is 24.7 Å². The fourth-order valence-electron chi connectivity index (χ4n) is 7.49. The maximum Gasteiger partial charge on any atom is 0.311 e. The first-order valence-corrected chi connectivity index (χ1v) is 16.1. The molecule has 4 aliphatic heterocycles. The van der Waals surface area contributed by atoms with Crippen molar-refractivity contribution >= 4 is 35.2 Å². The molecule has 0 bridgehead atoms. The largest absolute Gasteiger partial charge is 0.465 e. The number of amides is 2. The lowest BCUT2D eigenvalue weighted by Crippen LogP contribution is -2.57. The average Bonchev–Trinajstić information content (AvgIpc) is 3.33. The molecule has 1 N–H and O–H groups in total. The summed E-state index contributed by atoms with van der Waals surface area (Å²) in [5.74, 6) is -2.44. The first-order chi connectivity index (χ1) is 20.7. The minimum Gasteiger partial charge on any atom is -0.465 e. The number of hydrogen-bond acceptors (Lipinski definition) is 6. The Hall–Kier alpha value is -3.36. The number of aliphatic hydroxyl groups is 1. The maximum atomic E-state index is 15.0. The van der Waals surface area contributed by atoms with Crippen LogP contribution in [-0.2, 0) is 25.5 Å². The second kappa shape index (κ2) is 11.6. The second-order valence-corrected chi connectivity index (χ2v) is 14.3. The highest BCUT2D eigenvalue weighted by Crippen LogP contribution is 2.65. The molecule has 4 heterocycles. The molecule has 2 aromatic rings. The van der Waals surface area contributed by atoms with E-state index in [0.717, 1.165) is 41.6 Å². The van der Waals surface area contributed by atoms with Gasteiger partial charge in [-0.05, 0) is 69.2 Å². The van der Waals surface area contributed by atoms with E-state index in [9.17, 15) is 19.5 Å². The van der Waals surface area contributed by atoms with Gasteiger partial charge in [-0.15, -0.1) is 11.8 Å². The van der Waals surface area contributed by atoms with Gasteiger partial charge in [-0.25, -0.2) is 0 Å². The Kier molecular flexibility index (Phi) is 8.03. The van der Waals surface area contributed by atoms with E-state index >= 15 is 0 Å². The van der Waals surface area contributed by atoms with Crippen LogP contribution in [0, 0.1) is 25.7 Å². The lowest BCUT2D eigenvalue weighted by atomic mass is 9.74. The first-order valence-electron chi connectivity index (χ1n) is 15.3. The third kappa shape index (κ3) is 5.02. The Bertz CT molecular complexity index is 1470. The van der Waals surface area contributed by atoms with Crippen molar-refractivity contribution < 1.29 is 24.2 Å². The summed E-state index contributed by atoms with van der Waals surface area (Å²) < 4.78 is 4.04. The van der Waals surface area contributed by atoms with Gasteiger partial charge in [0, 0.05) is 17.0 Å². The molecule has 0 aliphatic carbocycles. The zero-order chi connectivity index (χ0) is 30.4. The molecule has 6 rings (SSSR count). The number of carbonyl (C=O) groups excluding carboxylic acids is 3. The smallest absolute Gasteiger partial charge is 0.311 e. The van der Waals surface area contributed by atoms with Crippen LogP contribution < -0.4 is 4.90 Å². The number of ether oxygens (including phenoxy) is 1. The fourth-order valence-corrected chi connectivity index (χ4v) is 9.63. The Morgan fingerprint density at radius 2 is 1.79 bits per heavy atom. The van der Waals surface area contributed by atoms with Crippen LogP contribution in [0.2, 0.25) is 0 Å². The highest BCUT2D eigenvalue weighted by molar-refractivity contribution is 8.02. The van der Waals surface area contributed by atoms with Gasteiger partial charge in [-0.3, -0.25) is 14.4 Å². The van der Waals surface area contributed by atoms with Gasteiger partial charge in [-0.1, -0.05) is 66.8 Å². The van der Waals surface area contributed by atoms with Gasteiger partial charge in [0.25, 0.3) is 5.91 Å². The van der Waals surface area contributed by atoms with E-state index in [2.05, 4.69) is 12.2 Å². The molecule has 0 radical (unpaired) electrons. The lowest BCUT2D eigenvalue weighted by molar-refractivity contribution is -0.154. The highest BCUT2D eigenvalue weighted by atomic mass is 32.2. The van der Waals surface area contributed by atoms with Crippen LogP contribution >= 0.6 is 11.8 Å². The monoisotopic (exact) mass is 600 g/mol. The van der Waals surface area contributed by atoms with E-state index in [1.165, 1.54) is 11.8 Å². The van der Waals surface area contributed by atoms with Crippen LogP contribution in [0.15, 0.2) is 72.8 Å². The molecule has 6 atom stereocenters. The quantitative estimate of drug-likeness (QED) is 0.393. The van der Waals surface area contributed by atoms with E-state index in [-0.39, 0.29) is 18.4 Å². The van der Waals surface area contributed by atoms with Gasteiger partial charge in [0.05, 0.1) is 35.8 Å². The maximum absolute atomic E-state index is 15.0. The third-order valence-corrected chi connectivity index (χ3v) is 11.3. The van der Waals surface area contributed by atoms with Gasteiger partial charge in [0.15, 0.2) is 0 Å². The molecule has 226 valence electrons. The van der Waals surface area contributed by atoms with Crippen LogP contribution in [0.3, 0.4) is 0 Å². The number of thioether (sulfide) groups is 1. The summed E-state index contributed by atoms with van der Waals surface area (Å²) >= 11 is 1.54. The number of aliphatic hydroxyl groups excluding tert-OH is 1. The zero-order valence-electron chi connectivity index (χ0n) is 25.1. The molecule has 43 heavy (non-hydrogen) atoms. The van der Waals surface area contributed by atoms with Gasteiger partial charge >= 0.3 is 5.97 Å². The van der Waals surface area contributed by atoms with Crippen molar-refractivity contribution in [2.45, 2.75) is 68.0 Å². The van der Waals surface area contributed by atoms with Gasteiger partial charge in [0.2, 0.25) is 5.91 Å². The molecular weight excluding hydrogens is 560 g/mol. The topological polar surface area (TPSA) is 87.2 Å². The van der Waals surface area contributed by atoms with Crippen LogP contribution in [-0.4, -0.2) is 69.1 Å².